The summed E-state index contributed by atoms with van der Waals surface area (Å²) in [7, 11) is 2.00. The lowest BCUT2D eigenvalue weighted by atomic mass is 9.90. The second-order valence-electron chi connectivity index (χ2n) is 5.39. The Bertz CT molecular complexity index is 468. The molecule has 0 saturated carbocycles. The van der Waals surface area contributed by atoms with Crippen LogP contribution in [0.15, 0.2) is 18.3 Å². The van der Waals surface area contributed by atoms with Crippen LogP contribution in [0.5, 0.6) is 0 Å². The summed E-state index contributed by atoms with van der Waals surface area (Å²) >= 11 is 0. The summed E-state index contributed by atoms with van der Waals surface area (Å²) in [5, 5.41) is 3.37. The summed E-state index contributed by atoms with van der Waals surface area (Å²) in [6.45, 7) is 6.20. The Hall–Kier alpha value is -1.62. The highest BCUT2D eigenvalue weighted by molar-refractivity contribution is 5.94. The van der Waals surface area contributed by atoms with Crippen molar-refractivity contribution in [3.05, 3.63) is 23.9 Å². The third-order valence-electron chi connectivity index (χ3n) is 4.05. The Morgan fingerprint density at radius 1 is 1.50 bits per heavy atom. The van der Waals surface area contributed by atoms with Crippen molar-refractivity contribution in [2.24, 2.45) is 0 Å². The van der Waals surface area contributed by atoms with Gasteiger partial charge in [-0.25, -0.2) is 9.78 Å². The van der Waals surface area contributed by atoms with Gasteiger partial charge in [0.15, 0.2) is 0 Å². The van der Waals surface area contributed by atoms with Crippen molar-refractivity contribution in [3.63, 3.8) is 0 Å². The van der Waals surface area contributed by atoms with Crippen molar-refractivity contribution in [2.45, 2.75) is 32.2 Å². The Labute approximate surface area is 120 Å². The lowest BCUT2D eigenvalue weighted by Crippen LogP contribution is -2.50. The molecular formula is C15H23N3O2. The van der Waals surface area contributed by atoms with E-state index in [9.17, 15) is 4.79 Å². The van der Waals surface area contributed by atoms with E-state index >= 15 is 0 Å². The number of hydrogen-bond donors (Lipinski definition) is 1. The zero-order valence-corrected chi connectivity index (χ0v) is 12.5. The molecule has 110 valence electrons. The highest BCUT2D eigenvalue weighted by Crippen LogP contribution is 2.26. The molecule has 2 heterocycles. The first-order chi connectivity index (χ1) is 9.59. The Morgan fingerprint density at radius 2 is 2.20 bits per heavy atom. The molecule has 1 aliphatic heterocycles. The van der Waals surface area contributed by atoms with Crippen LogP contribution in [0.25, 0.3) is 0 Å². The SMILES string of the molecule is CCOC(=O)c1cccnc1N1CCC(C)(NC)CC1. The van der Waals surface area contributed by atoms with Crippen molar-refractivity contribution in [2.75, 3.05) is 31.6 Å². The van der Waals surface area contributed by atoms with Crippen molar-refractivity contribution < 1.29 is 9.53 Å². The molecule has 1 aromatic heterocycles. The minimum absolute atomic E-state index is 0.176. The van der Waals surface area contributed by atoms with Crippen LogP contribution in [-0.2, 0) is 4.74 Å². The highest BCUT2D eigenvalue weighted by atomic mass is 16.5. The maximum absolute atomic E-state index is 12.0. The van der Waals surface area contributed by atoms with Crippen molar-refractivity contribution in [1.29, 1.82) is 0 Å². The molecule has 1 fully saturated rings. The average molecular weight is 277 g/mol. The Kier molecular flexibility index (Phi) is 4.60. The Morgan fingerprint density at radius 3 is 2.80 bits per heavy atom. The topological polar surface area (TPSA) is 54.5 Å². The van der Waals surface area contributed by atoms with Gasteiger partial charge in [-0.15, -0.1) is 0 Å². The fourth-order valence-electron chi connectivity index (χ4n) is 2.48. The summed E-state index contributed by atoms with van der Waals surface area (Å²) < 4.78 is 5.10. The van der Waals surface area contributed by atoms with Crippen molar-refractivity contribution in [3.8, 4) is 0 Å². The standard InChI is InChI=1S/C15H23N3O2/c1-4-20-14(19)12-6-5-9-17-13(12)18-10-7-15(2,16-3)8-11-18/h5-6,9,16H,4,7-8,10-11H2,1-3H3. The van der Waals surface area contributed by atoms with Crippen LogP contribution >= 0.6 is 0 Å². The summed E-state index contributed by atoms with van der Waals surface area (Å²) in [4.78, 5) is 18.5. The fourth-order valence-corrected chi connectivity index (χ4v) is 2.48. The van der Waals surface area contributed by atoms with Gasteiger partial charge in [0.25, 0.3) is 0 Å². The van der Waals surface area contributed by atoms with E-state index in [4.69, 9.17) is 4.74 Å². The van der Waals surface area contributed by atoms with Crippen LogP contribution in [0.2, 0.25) is 0 Å². The van der Waals surface area contributed by atoms with Crippen LogP contribution in [0.3, 0.4) is 0 Å². The zero-order valence-electron chi connectivity index (χ0n) is 12.5. The number of esters is 1. The first kappa shape index (κ1) is 14.8. The van der Waals surface area contributed by atoms with Gasteiger partial charge in [-0.1, -0.05) is 0 Å². The Balaban J connectivity index is 2.16. The lowest BCUT2D eigenvalue weighted by Gasteiger charge is -2.40. The predicted molar refractivity (Wildman–Crippen MR) is 79.1 cm³/mol. The molecule has 5 nitrogen and oxygen atoms in total. The number of aromatic nitrogens is 1. The number of pyridine rings is 1. The molecule has 0 atom stereocenters. The molecule has 2 rings (SSSR count). The zero-order chi connectivity index (χ0) is 14.6. The predicted octanol–water partition coefficient (Wildman–Crippen LogP) is 1.84. The summed E-state index contributed by atoms with van der Waals surface area (Å²) in [5.41, 5.74) is 0.734. The number of hydrogen-bond acceptors (Lipinski definition) is 5. The molecule has 0 radical (unpaired) electrons. The molecule has 0 spiro atoms. The normalized spacial score (nSPS) is 17.9. The number of carbonyl (C=O) groups is 1. The van der Waals surface area contributed by atoms with Gasteiger partial charge in [0, 0.05) is 24.8 Å². The third-order valence-corrected chi connectivity index (χ3v) is 4.05. The van der Waals surface area contributed by atoms with E-state index in [1.54, 1.807) is 18.3 Å². The second-order valence-corrected chi connectivity index (χ2v) is 5.39. The van der Waals surface area contributed by atoms with Crippen LogP contribution < -0.4 is 10.2 Å². The van der Waals surface area contributed by atoms with E-state index in [1.807, 2.05) is 14.0 Å². The monoisotopic (exact) mass is 277 g/mol. The number of nitrogens with zero attached hydrogens (tertiary/aromatic N) is 2. The summed E-state index contributed by atoms with van der Waals surface area (Å²) in [6, 6.07) is 3.56. The number of anilines is 1. The van der Waals surface area contributed by atoms with Gasteiger partial charge >= 0.3 is 5.97 Å². The van der Waals surface area contributed by atoms with E-state index in [0.717, 1.165) is 31.7 Å². The highest BCUT2D eigenvalue weighted by Gasteiger charge is 2.30. The van der Waals surface area contributed by atoms with Crippen LogP contribution in [0.4, 0.5) is 5.82 Å². The van der Waals surface area contributed by atoms with Crippen LogP contribution in [-0.4, -0.2) is 43.2 Å². The number of ether oxygens (including phenoxy) is 1. The molecular weight excluding hydrogens is 254 g/mol. The van der Waals surface area contributed by atoms with E-state index in [1.165, 1.54) is 0 Å². The van der Waals surface area contributed by atoms with E-state index < -0.39 is 0 Å². The van der Waals surface area contributed by atoms with Gasteiger partial charge in [-0.3, -0.25) is 0 Å². The largest absolute Gasteiger partial charge is 0.462 e. The smallest absolute Gasteiger partial charge is 0.341 e. The molecule has 1 aliphatic rings. The van der Waals surface area contributed by atoms with Crippen molar-refractivity contribution >= 4 is 11.8 Å². The van der Waals surface area contributed by atoms with Gasteiger partial charge in [0.1, 0.15) is 11.4 Å². The lowest BCUT2D eigenvalue weighted by molar-refractivity contribution is 0.0526. The van der Waals surface area contributed by atoms with E-state index in [-0.39, 0.29) is 11.5 Å². The molecule has 1 saturated heterocycles. The number of nitrogens with one attached hydrogen (secondary N) is 1. The van der Waals surface area contributed by atoms with Gasteiger partial charge in [0.05, 0.1) is 6.61 Å². The first-order valence-electron chi connectivity index (χ1n) is 7.15. The van der Waals surface area contributed by atoms with Crippen molar-refractivity contribution in [1.82, 2.24) is 10.3 Å². The average Bonchev–Trinajstić information content (AvgIpc) is 2.48. The molecule has 5 heteroatoms. The molecule has 0 amide bonds. The number of rotatable bonds is 4. The van der Waals surface area contributed by atoms with Gasteiger partial charge in [-0.05, 0) is 45.9 Å². The van der Waals surface area contributed by atoms with Crippen LogP contribution in [0, 0.1) is 0 Å². The maximum Gasteiger partial charge on any atom is 0.341 e. The maximum atomic E-state index is 12.0. The molecule has 1 aromatic rings. The van der Waals surface area contributed by atoms with Gasteiger partial charge in [-0.2, -0.15) is 0 Å². The minimum atomic E-state index is -0.294. The molecule has 0 unspecified atom stereocenters. The van der Waals surface area contributed by atoms with E-state index in [0.29, 0.717) is 12.2 Å². The molecule has 1 N–H and O–H groups in total. The van der Waals surface area contributed by atoms with Crippen LogP contribution in [0.1, 0.15) is 37.0 Å². The molecule has 0 aromatic carbocycles. The second kappa shape index (κ2) is 6.22. The quantitative estimate of drug-likeness (QED) is 0.851. The molecule has 0 aliphatic carbocycles. The summed E-state index contributed by atoms with van der Waals surface area (Å²) in [6.07, 6.45) is 3.79. The molecule has 20 heavy (non-hydrogen) atoms. The fraction of sp³-hybridized carbons (Fsp3) is 0.600. The first-order valence-corrected chi connectivity index (χ1v) is 7.15. The van der Waals surface area contributed by atoms with Gasteiger partial charge < -0.3 is 15.0 Å². The summed E-state index contributed by atoms with van der Waals surface area (Å²) in [5.74, 6) is 0.446. The van der Waals surface area contributed by atoms with Gasteiger partial charge in [0.2, 0.25) is 0 Å². The molecule has 0 bridgehead atoms. The third kappa shape index (κ3) is 3.10. The number of piperidine rings is 1. The minimum Gasteiger partial charge on any atom is -0.462 e. The van der Waals surface area contributed by atoms with E-state index in [2.05, 4.69) is 22.1 Å². The number of carbonyl (C=O) groups excluding carboxylic acids is 1.